The molecule has 142 valence electrons. The van der Waals surface area contributed by atoms with E-state index in [2.05, 4.69) is 33.1 Å². The highest BCUT2D eigenvalue weighted by atomic mass is 16.5. The molecule has 8 nitrogen and oxygen atoms in total. The van der Waals surface area contributed by atoms with Crippen LogP contribution in [0, 0.1) is 0 Å². The van der Waals surface area contributed by atoms with Crippen molar-refractivity contribution in [3.8, 4) is 11.5 Å². The minimum atomic E-state index is 0.297. The number of fused-ring (bicyclic) bond motifs is 1. The van der Waals surface area contributed by atoms with Crippen molar-refractivity contribution in [2.24, 2.45) is 0 Å². The molecule has 27 heavy (non-hydrogen) atoms. The smallest absolute Gasteiger partial charge is 0.179 e. The first-order chi connectivity index (χ1) is 13.3. The Hall–Kier alpha value is -2.45. The zero-order valence-electron chi connectivity index (χ0n) is 15.5. The Bertz CT molecular complexity index is 916. The van der Waals surface area contributed by atoms with Gasteiger partial charge in [-0.05, 0) is 43.4 Å². The number of hydrogen-bond donors (Lipinski definition) is 1. The normalized spacial score (nSPS) is 21.8. The summed E-state index contributed by atoms with van der Waals surface area (Å²) in [5, 5.41) is 12.0. The fourth-order valence-corrected chi connectivity index (χ4v) is 4.10. The van der Waals surface area contributed by atoms with Crippen molar-refractivity contribution >= 4 is 11.3 Å². The van der Waals surface area contributed by atoms with Gasteiger partial charge < -0.3 is 14.4 Å². The number of aromatic nitrogens is 5. The third-order valence-corrected chi connectivity index (χ3v) is 5.59. The molecule has 5 rings (SSSR count). The van der Waals surface area contributed by atoms with Crippen molar-refractivity contribution in [1.29, 1.82) is 0 Å². The predicted molar refractivity (Wildman–Crippen MR) is 101 cm³/mol. The second-order valence-corrected chi connectivity index (χ2v) is 7.31. The molecule has 1 unspecified atom stereocenters. The molecule has 0 aromatic carbocycles. The standard InChI is InChI=1S/C19H24N6O2/c1-13-12-27-9-6-24(13)18-10-15(14-3-7-26-8-4-14)17-11-20-19(25(17)23-18)16-2-5-21-22-16/h2,5,10-11,13-14H,3-4,6-9,12H2,1H3,(H,21,22). The third-order valence-electron chi connectivity index (χ3n) is 5.59. The molecule has 2 saturated heterocycles. The Morgan fingerprint density at radius 3 is 2.85 bits per heavy atom. The Morgan fingerprint density at radius 2 is 2.07 bits per heavy atom. The van der Waals surface area contributed by atoms with Gasteiger partial charge in [-0.15, -0.1) is 5.10 Å². The van der Waals surface area contributed by atoms with Gasteiger partial charge in [0.1, 0.15) is 11.5 Å². The third kappa shape index (κ3) is 2.98. The van der Waals surface area contributed by atoms with Gasteiger partial charge in [0.05, 0.1) is 31.0 Å². The largest absolute Gasteiger partial charge is 0.381 e. The molecule has 1 N–H and O–H groups in total. The first kappa shape index (κ1) is 16.7. The number of morpholine rings is 1. The van der Waals surface area contributed by atoms with Crippen LogP contribution in [0.4, 0.5) is 5.82 Å². The summed E-state index contributed by atoms with van der Waals surface area (Å²) in [7, 11) is 0. The number of aromatic amines is 1. The minimum Gasteiger partial charge on any atom is -0.381 e. The minimum absolute atomic E-state index is 0.297. The summed E-state index contributed by atoms with van der Waals surface area (Å²) in [5.41, 5.74) is 3.24. The van der Waals surface area contributed by atoms with Crippen LogP contribution in [0.5, 0.6) is 0 Å². The highest BCUT2D eigenvalue weighted by molar-refractivity contribution is 5.65. The first-order valence-corrected chi connectivity index (χ1v) is 9.62. The maximum Gasteiger partial charge on any atom is 0.179 e. The van der Waals surface area contributed by atoms with Crippen LogP contribution in [0.2, 0.25) is 0 Å². The summed E-state index contributed by atoms with van der Waals surface area (Å²) in [6.07, 6.45) is 5.73. The van der Waals surface area contributed by atoms with Crippen LogP contribution < -0.4 is 4.90 Å². The van der Waals surface area contributed by atoms with Crippen molar-refractivity contribution in [3.63, 3.8) is 0 Å². The molecule has 3 aromatic rings. The highest BCUT2D eigenvalue weighted by Crippen LogP contribution is 2.34. The summed E-state index contributed by atoms with van der Waals surface area (Å²) in [6.45, 7) is 6.11. The highest BCUT2D eigenvalue weighted by Gasteiger charge is 2.26. The molecular weight excluding hydrogens is 344 g/mol. The lowest BCUT2D eigenvalue weighted by Gasteiger charge is -2.35. The van der Waals surface area contributed by atoms with E-state index in [4.69, 9.17) is 14.6 Å². The molecule has 0 spiro atoms. The average molecular weight is 368 g/mol. The van der Waals surface area contributed by atoms with E-state index in [1.807, 2.05) is 16.8 Å². The van der Waals surface area contributed by atoms with E-state index >= 15 is 0 Å². The topological polar surface area (TPSA) is 80.6 Å². The van der Waals surface area contributed by atoms with Crippen LogP contribution in [0.1, 0.15) is 31.2 Å². The summed E-state index contributed by atoms with van der Waals surface area (Å²) >= 11 is 0. The van der Waals surface area contributed by atoms with Gasteiger partial charge in [0.15, 0.2) is 5.82 Å². The van der Waals surface area contributed by atoms with Crippen molar-refractivity contribution < 1.29 is 9.47 Å². The van der Waals surface area contributed by atoms with Crippen LogP contribution in [0.25, 0.3) is 17.0 Å². The lowest BCUT2D eigenvalue weighted by atomic mass is 9.91. The van der Waals surface area contributed by atoms with Crippen molar-refractivity contribution in [3.05, 3.63) is 30.1 Å². The van der Waals surface area contributed by atoms with Gasteiger partial charge in [-0.2, -0.15) is 5.10 Å². The van der Waals surface area contributed by atoms with Gasteiger partial charge >= 0.3 is 0 Å². The Kier molecular flexibility index (Phi) is 4.29. The molecule has 2 fully saturated rings. The van der Waals surface area contributed by atoms with Gasteiger partial charge in [-0.3, -0.25) is 5.10 Å². The molecule has 5 heterocycles. The molecular formula is C19H24N6O2. The van der Waals surface area contributed by atoms with Crippen LogP contribution in [0.15, 0.2) is 24.5 Å². The summed E-state index contributed by atoms with van der Waals surface area (Å²) in [6, 6.07) is 4.48. The van der Waals surface area contributed by atoms with E-state index in [9.17, 15) is 0 Å². The molecule has 8 heteroatoms. The van der Waals surface area contributed by atoms with Crippen molar-refractivity contribution in [2.75, 3.05) is 37.9 Å². The monoisotopic (exact) mass is 368 g/mol. The van der Waals surface area contributed by atoms with Crippen molar-refractivity contribution in [2.45, 2.75) is 31.7 Å². The molecule has 0 saturated carbocycles. The SMILES string of the molecule is CC1COCCN1c1cc(C2CCOCC2)c2cnc(-c3ccn[nH]3)n2n1. The van der Waals surface area contributed by atoms with Gasteiger partial charge in [0.2, 0.25) is 0 Å². The number of hydrogen-bond acceptors (Lipinski definition) is 6. The molecule has 0 radical (unpaired) electrons. The molecule has 0 aliphatic carbocycles. The number of ether oxygens (including phenoxy) is 2. The lowest BCUT2D eigenvalue weighted by molar-refractivity contribution is 0.0854. The maximum absolute atomic E-state index is 5.62. The first-order valence-electron chi connectivity index (χ1n) is 9.62. The van der Waals surface area contributed by atoms with E-state index in [0.29, 0.717) is 12.0 Å². The fourth-order valence-electron chi connectivity index (χ4n) is 4.10. The van der Waals surface area contributed by atoms with Gasteiger partial charge in [0, 0.05) is 26.0 Å². The molecule has 3 aromatic heterocycles. The van der Waals surface area contributed by atoms with Gasteiger partial charge in [-0.1, -0.05) is 0 Å². The Balaban J connectivity index is 1.67. The summed E-state index contributed by atoms with van der Waals surface area (Å²) in [4.78, 5) is 6.99. The summed E-state index contributed by atoms with van der Waals surface area (Å²) < 4.78 is 13.2. The number of nitrogens with zero attached hydrogens (tertiary/aromatic N) is 5. The van der Waals surface area contributed by atoms with Crippen LogP contribution in [-0.2, 0) is 9.47 Å². The van der Waals surface area contributed by atoms with Crippen LogP contribution >= 0.6 is 0 Å². The van der Waals surface area contributed by atoms with Gasteiger partial charge in [-0.25, -0.2) is 9.50 Å². The number of imidazole rings is 1. The van der Waals surface area contributed by atoms with Crippen LogP contribution in [-0.4, -0.2) is 63.8 Å². The summed E-state index contributed by atoms with van der Waals surface area (Å²) in [5.74, 6) is 2.24. The molecule has 2 aliphatic rings. The lowest BCUT2D eigenvalue weighted by Crippen LogP contribution is -2.44. The van der Waals surface area contributed by atoms with E-state index < -0.39 is 0 Å². The molecule has 1 atom stereocenters. The number of anilines is 1. The fraction of sp³-hybridized carbons (Fsp3) is 0.526. The number of H-pyrrole nitrogens is 1. The quantitative estimate of drug-likeness (QED) is 0.764. The predicted octanol–water partition coefficient (Wildman–Crippen LogP) is 2.24. The van der Waals surface area contributed by atoms with E-state index in [1.54, 1.807) is 6.20 Å². The Morgan fingerprint density at radius 1 is 1.19 bits per heavy atom. The molecule has 0 bridgehead atoms. The Labute approximate surface area is 157 Å². The zero-order chi connectivity index (χ0) is 18.2. The second-order valence-electron chi connectivity index (χ2n) is 7.31. The zero-order valence-corrected chi connectivity index (χ0v) is 15.5. The molecule has 2 aliphatic heterocycles. The van der Waals surface area contributed by atoms with Crippen LogP contribution in [0.3, 0.4) is 0 Å². The number of nitrogens with one attached hydrogen (secondary N) is 1. The van der Waals surface area contributed by atoms with Gasteiger partial charge in [0.25, 0.3) is 0 Å². The second kappa shape index (κ2) is 6.94. The maximum atomic E-state index is 5.62. The van der Waals surface area contributed by atoms with E-state index in [-0.39, 0.29) is 0 Å². The molecule has 0 amide bonds. The average Bonchev–Trinajstić information content (AvgIpc) is 3.38. The van der Waals surface area contributed by atoms with E-state index in [0.717, 1.165) is 68.7 Å². The van der Waals surface area contributed by atoms with E-state index in [1.165, 1.54) is 5.56 Å². The van der Waals surface area contributed by atoms with Crippen molar-refractivity contribution in [1.82, 2.24) is 24.8 Å². The number of rotatable bonds is 3.